The van der Waals surface area contributed by atoms with Gasteiger partial charge in [0.2, 0.25) is 5.91 Å². The van der Waals surface area contributed by atoms with Gasteiger partial charge in [0.15, 0.2) is 0 Å². The highest BCUT2D eigenvalue weighted by Gasteiger charge is 2.29. The highest BCUT2D eigenvalue weighted by molar-refractivity contribution is 9.10. The van der Waals surface area contributed by atoms with E-state index < -0.39 is 6.04 Å². The second-order valence-corrected chi connectivity index (χ2v) is 6.16. The summed E-state index contributed by atoms with van der Waals surface area (Å²) in [4.78, 5) is 14.0. The average Bonchev–Trinajstić information content (AvgIpc) is 2.74. The fourth-order valence-electron chi connectivity index (χ4n) is 2.50. The highest BCUT2D eigenvalue weighted by atomic mass is 79.9. The predicted molar refractivity (Wildman–Crippen MR) is 88.7 cm³/mol. The van der Waals surface area contributed by atoms with E-state index in [-0.39, 0.29) is 5.91 Å². The number of fused-ring (bicyclic) bond motifs is 1. The molecule has 1 aromatic carbocycles. The number of carbonyl (C=O) groups is 1. The number of benzene rings is 1. The molecule has 1 aliphatic heterocycles. The average molecular weight is 356 g/mol. The Morgan fingerprint density at radius 3 is 2.86 bits per heavy atom. The molecule has 1 aromatic rings. The van der Waals surface area contributed by atoms with Crippen LogP contribution < -0.4 is 16.0 Å². The second kappa shape index (κ2) is 6.77. The maximum Gasteiger partial charge on any atom is 0.245 e. The van der Waals surface area contributed by atoms with Gasteiger partial charge in [-0.3, -0.25) is 4.79 Å². The molecular weight excluding hydrogens is 334 g/mol. The van der Waals surface area contributed by atoms with Crippen LogP contribution in [0.4, 0.5) is 11.4 Å². The van der Waals surface area contributed by atoms with Gasteiger partial charge in [0, 0.05) is 35.4 Å². The van der Waals surface area contributed by atoms with Gasteiger partial charge in [-0.05, 0) is 41.4 Å². The number of anilines is 2. The molecule has 0 saturated carbocycles. The molecule has 0 aromatic heterocycles. The molecule has 2 rings (SSSR count). The Balaban J connectivity index is 2.38. The van der Waals surface area contributed by atoms with E-state index in [4.69, 9.17) is 10.5 Å². The van der Waals surface area contributed by atoms with Gasteiger partial charge in [0.25, 0.3) is 0 Å². The summed E-state index contributed by atoms with van der Waals surface area (Å²) in [7, 11) is 1.70. The topological polar surface area (TPSA) is 67.6 Å². The highest BCUT2D eigenvalue weighted by Crippen LogP contribution is 2.39. The second-order valence-electron chi connectivity index (χ2n) is 5.30. The molecule has 116 valence electrons. The van der Waals surface area contributed by atoms with Gasteiger partial charge in [0.05, 0.1) is 12.3 Å². The number of amides is 1. The Hall–Kier alpha value is -1.11. The minimum Gasteiger partial charge on any atom is -0.383 e. The van der Waals surface area contributed by atoms with Gasteiger partial charge in [-0.25, -0.2) is 0 Å². The Labute approximate surface area is 134 Å². The predicted octanol–water partition coefficient (Wildman–Crippen LogP) is 2.65. The monoisotopic (exact) mass is 355 g/mol. The van der Waals surface area contributed by atoms with Crippen molar-refractivity contribution in [3.05, 3.63) is 22.2 Å². The van der Waals surface area contributed by atoms with Gasteiger partial charge in [0.1, 0.15) is 6.04 Å². The molecule has 0 spiro atoms. The van der Waals surface area contributed by atoms with Crippen LogP contribution in [-0.4, -0.2) is 32.2 Å². The summed E-state index contributed by atoms with van der Waals surface area (Å²) >= 11 is 3.61. The van der Waals surface area contributed by atoms with Crippen molar-refractivity contribution in [3.63, 3.8) is 0 Å². The number of hydrogen-bond acceptors (Lipinski definition) is 4. The third kappa shape index (κ3) is 3.22. The van der Waals surface area contributed by atoms with Gasteiger partial charge >= 0.3 is 0 Å². The Morgan fingerprint density at radius 2 is 2.24 bits per heavy atom. The van der Waals surface area contributed by atoms with E-state index in [9.17, 15) is 4.79 Å². The normalized spacial score (nSPS) is 18.3. The molecule has 0 bridgehead atoms. The fraction of sp³-hybridized carbons (Fsp3) is 0.533. The molecule has 1 aliphatic rings. The molecular formula is C15H22BrN3O2. The lowest BCUT2D eigenvalue weighted by Gasteiger charge is -2.32. The molecule has 2 unspecified atom stereocenters. The van der Waals surface area contributed by atoms with Crippen LogP contribution in [0.2, 0.25) is 0 Å². The summed E-state index contributed by atoms with van der Waals surface area (Å²) in [6.45, 7) is 5.78. The maximum atomic E-state index is 11.7. The molecule has 0 aliphatic carbocycles. The number of halogens is 1. The summed E-state index contributed by atoms with van der Waals surface area (Å²) in [5, 5.41) is 2.84. The number of ether oxygens (including phenoxy) is 1. The minimum atomic E-state index is -0.582. The summed E-state index contributed by atoms with van der Waals surface area (Å²) in [5.41, 5.74) is 8.58. The van der Waals surface area contributed by atoms with Crippen molar-refractivity contribution in [2.75, 3.05) is 30.5 Å². The first kappa shape index (κ1) is 16.3. The largest absolute Gasteiger partial charge is 0.383 e. The summed E-state index contributed by atoms with van der Waals surface area (Å²) in [5.74, 6) is -0.152. The number of rotatable bonds is 6. The summed E-state index contributed by atoms with van der Waals surface area (Å²) in [6.07, 6.45) is 1.03. The van der Waals surface area contributed by atoms with Crippen LogP contribution in [0.25, 0.3) is 0 Å². The molecule has 1 amide bonds. The van der Waals surface area contributed by atoms with Crippen molar-refractivity contribution >= 4 is 33.2 Å². The quantitative estimate of drug-likeness (QED) is 0.822. The van der Waals surface area contributed by atoms with Gasteiger partial charge in [-0.15, -0.1) is 0 Å². The summed E-state index contributed by atoms with van der Waals surface area (Å²) in [6, 6.07) is 3.73. The van der Waals surface area contributed by atoms with Crippen LogP contribution >= 0.6 is 15.9 Å². The third-order valence-corrected chi connectivity index (χ3v) is 4.60. The lowest BCUT2D eigenvalue weighted by atomic mass is 10.1. The Kier molecular flexibility index (Phi) is 5.24. The van der Waals surface area contributed by atoms with Crippen molar-refractivity contribution in [1.29, 1.82) is 0 Å². The van der Waals surface area contributed by atoms with Crippen molar-refractivity contribution in [2.45, 2.75) is 32.4 Å². The van der Waals surface area contributed by atoms with E-state index >= 15 is 0 Å². The van der Waals surface area contributed by atoms with Crippen molar-refractivity contribution in [3.8, 4) is 0 Å². The van der Waals surface area contributed by atoms with Crippen LogP contribution in [0.1, 0.15) is 31.9 Å². The molecule has 3 N–H and O–H groups in total. The standard InChI is InChI=1S/C15H22BrN3O2/c1-4-9(2)19(5-6-21-3)13-8-12-10(7-11(13)16)14(17)15(20)18-12/h7-9,14H,4-6,17H2,1-3H3,(H,18,20). The van der Waals surface area contributed by atoms with Crippen LogP contribution in [0.3, 0.4) is 0 Å². The van der Waals surface area contributed by atoms with Gasteiger partial charge < -0.3 is 20.7 Å². The molecule has 5 nitrogen and oxygen atoms in total. The number of hydrogen-bond donors (Lipinski definition) is 2. The Bertz CT molecular complexity index is 536. The lowest BCUT2D eigenvalue weighted by molar-refractivity contribution is -0.116. The van der Waals surface area contributed by atoms with Crippen LogP contribution in [-0.2, 0) is 9.53 Å². The first-order valence-corrected chi connectivity index (χ1v) is 7.94. The Morgan fingerprint density at radius 1 is 1.52 bits per heavy atom. The molecule has 21 heavy (non-hydrogen) atoms. The molecule has 0 saturated heterocycles. The number of nitrogens with one attached hydrogen (secondary N) is 1. The summed E-state index contributed by atoms with van der Waals surface area (Å²) < 4.78 is 6.16. The van der Waals surface area contributed by atoms with Crippen LogP contribution in [0.5, 0.6) is 0 Å². The number of nitrogens with zero attached hydrogens (tertiary/aromatic N) is 1. The van der Waals surface area contributed by atoms with Crippen molar-refractivity contribution < 1.29 is 9.53 Å². The van der Waals surface area contributed by atoms with Crippen molar-refractivity contribution in [2.24, 2.45) is 5.73 Å². The molecule has 0 radical (unpaired) electrons. The van der Waals surface area contributed by atoms with E-state index in [2.05, 4.69) is 40.0 Å². The number of nitrogens with two attached hydrogens (primary N) is 1. The van der Waals surface area contributed by atoms with E-state index in [0.29, 0.717) is 12.6 Å². The zero-order chi connectivity index (χ0) is 15.6. The minimum absolute atomic E-state index is 0.152. The number of methoxy groups -OCH3 is 1. The van der Waals surface area contributed by atoms with E-state index in [0.717, 1.165) is 34.4 Å². The van der Waals surface area contributed by atoms with Gasteiger partial charge in [-0.2, -0.15) is 0 Å². The number of carbonyl (C=O) groups excluding carboxylic acids is 1. The molecule has 2 atom stereocenters. The zero-order valence-electron chi connectivity index (χ0n) is 12.6. The molecule has 0 fully saturated rings. The third-order valence-electron chi connectivity index (χ3n) is 3.96. The first-order chi connectivity index (χ1) is 9.99. The fourth-order valence-corrected chi connectivity index (χ4v) is 3.09. The van der Waals surface area contributed by atoms with E-state index in [1.54, 1.807) is 7.11 Å². The first-order valence-electron chi connectivity index (χ1n) is 7.15. The van der Waals surface area contributed by atoms with E-state index in [1.165, 1.54) is 0 Å². The van der Waals surface area contributed by atoms with Crippen LogP contribution in [0.15, 0.2) is 16.6 Å². The molecule has 1 heterocycles. The van der Waals surface area contributed by atoms with E-state index in [1.807, 2.05) is 12.1 Å². The zero-order valence-corrected chi connectivity index (χ0v) is 14.2. The SMILES string of the molecule is CCC(C)N(CCOC)c1cc2c(cc1Br)C(N)C(=O)N2. The molecule has 6 heteroatoms. The van der Waals surface area contributed by atoms with Crippen LogP contribution in [0, 0.1) is 0 Å². The lowest BCUT2D eigenvalue weighted by Crippen LogP contribution is -2.35. The van der Waals surface area contributed by atoms with Crippen molar-refractivity contribution in [1.82, 2.24) is 0 Å². The smallest absolute Gasteiger partial charge is 0.245 e. The maximum absolute atomic E-state index is 11.7. The van der Waals surface area contributed by atoms with Gasteiger partial charge in [-0.1, -0.05) is 6.92 Å².